The van der Waals surface area contributed by atoms with Gasteiger partial charge in [-0.25, -0.2) is 0 Å². The Hall–Kier alpha value is -0.963. The zero-order chi connectivity index (χ0) is 25.9. The minimum absolute atomic E-state index is 0. The molecule has 0 atom stereocenters. The predicted octanol–water partition coefficient (Wildman–Crippen LogP) is 5.89. The highest BCUT2D eigenvalue weighted by atomic mass is 28.4. The van der Waals surface area contributed by atoms with Crippen LogP contribution in [0.3, 0.4) is 0 Å². The molecule has 2 saturated carbocycles. The number of aliphatic hydroxyl groups is 1. The molecule has 3 fully saturated rings. The van der Waals surface area contributed by atoms with Gasteiger partial charge in [0.1, 0.15) is 0 Å². The number of ether oxygens (including phenoxy) is 3. The van der Waals surface area contributed by atoms with Crippen LogP contribution in [-0.2, 0) is 28.2 Å². The molecule has 2 aliphatic carbocycles. The second kappa shape index (κ2) is 15.3. The Bertz CT molecular complexity index is 602. The molecule has 1 N–H and O–H groups in total. The molecule has 8 heteroatoms. The van der Waals surface area contributed by atoms with Crippen LogP contribution in [0.2, 0.25) is 18.1 Å². The largest absolute Gasteiger partial charge is 0.465 e. The molecule has 35 heavy (non-hydrogen) atoms. The van der Waals surface area contributed by atoms with Crippen LogP contribution >= 0.6 is 0 Å². The number of carbonyl (C=O) groups is 2. The normalized spacial score (nSPS) is 19.8. The third-order valence-electron chi connectivity index (χ3n) is 7.68. The Balaban J connectivity index is 0.000000572. The minimum Gasteiger partial charge on any atom is -0.465 e. The Kier molecular flexibility index (Phi) is 14.9. The quantitative estimate of drug-likeness (QED) is 0.316. The highest BCUT2D eigenvalue weighted by Crippen LogP contribution is 2.45. The third-order valence-corrected chi connectivity index (χ3v) is 12.2. The summed E-state index contributed by atoms with van der Waals surface area (Å²) in [5, 5.41) is 9.12. The lowest BCUT2D eigenvalue weighted by Gasteiger charge is -2.43. The molecule has 1 aliphatic heterocycles. The topological polar surface area (TPSA) is 91.3 Å². The van der Waals surface area contributed by atoms with Gasteiger partial charge in [-0.2, -0.15) is 0 Å². The van der Waals surface area contributed by atoms with Crippen LogP contribution in [0.4, 0.5) is 0 Å². The fraction of sp³-hybridized carbons (Fsp3) is 0.926. The van der Waals surface area contributed by atoms with Crippen molar-refractivity contribution in [1.29, 1.82) is 0 Å². The summed E-state index contributed by atoms with van der Waals surface area (Å²) in [6.45, 7) is 18.1. The van der Waals surface area contributed by atoms with Gasteiger partial charge in [0.15, 0.2) is 8.32 Å². The van der Waals surface area contributed by atoms with Crippen molar-refractivity contribution in [3.05, 3.63) is 0 Å². The van der Waals surface area contributed by atoms with E-state index >= 15 is 0 Å². The molecule has 0 bridgehead atoms. The van der Waals surface area contributed by atoms with Crippen molar-refractivity contribution in [2.24, 2.45) is 10.8 Å². The summed E-state index contributed by atoms with van der Waals surface area (Å²) < 4.78 is 21.2. The Morgan fingerprint density at radius 1 is 0.857 bits per heavy atom. The lowest BCUT2D eigenvalue weighted by atomic mass is 9.69. The first-order valence-corrected chi connectivity index (χ1v) is 16.0. The molecule has 1 saturated heterocycles. The monoisotopic (exact) mass is 518 g/mol. The van der Waals surface area contributed by atoms with Crippen LogP contribution in [0.25, 0.3) is 0 Å². The van der Waals surface area contributed by atoms with Crippen molar-refractivity contribution in [2.75, 3.05) is 39.6 Å². The molecule has 0 aromatic carbocycles. The van der Waals surface area contributed by atoms with Gasteiger partial charge in [0.25, 0.3) is 0 Å². The van der Waals surface area contributed by atoms with E-state index < -0.39 is 13.7 Å². The Labute approximate surface area is 215 Å². The fourth-order valence-corrected chi connectivity index (χ4v) is 4.73. The minimum atomic E-state index is -1.77. The van der Waals surface area contributed by atoms with E-state index in [1.807, 2.05) is 6.92 Å². The van der Waals surface area contributed by atoms with Crippen LogP contribution in [0.1, 0.15) is 93.4 Å². The van der Waals surface area contributed by atoms with E-state index in [0.717, 1.165) is 51.7 Å². The highest BCUT2D eigenvalue weighted by molar-refractivity contribution is 6.74. The molecule has 3 aliphatic rings. The first-order chi connectivity index (χ1) is 15.9. The molecule has 0 spiro atoms. The maximum Gasteiger partial charge on any atom is 0.314 e. The average Bonchev–Trinajstić information content (AvgIpc) is 3.27. The molecule has 208 valence electrons. The predicted molar refractivity (Wildman–Crippen MR) is 143 cm³/mol. The van der Waals surface area contributed by atoms with Crippen molar-refractivity contribution < 1.29 is 33.3 Å². The summed E-state index contributed by atoms with van der Waals surface area (Å²) in [5.41, 5.74) is -0.873. The maximum atomic E-state index is 12.0. The van der Waals surface area contributed by atoms with E-state index in [1.54, 1.807) is 6.92 Å². The summed E-state index contributed by atoms with van der Waals surface area (Å²) in [6.07, 6.45) is 8.09. The molecule has 0 aromatic heterocycles. The van der Waals surface area contributed by atoms with Crippen LogP contribution in [-0.4, -0.2) is 65.0 Å². The zero-order valence-electron chi connectivity index (χ0n) is 22.8. The van der Waals surface area contributed by atoms with Crippen molar-refractivity contribution in [3.63, 3.8) is 0 Å². The molecular weight excluding hydrogens is 464 g/mol. The summed E-state index contributed by atoms with van der Waals surface area (Å²) >= 11 is 0. The standard InChI is InChI=1S/C14H28O3Si.C8H14O3.C4H8O.CH4/c1-7-16-12(15)14(9-8-10-14)11-17-18(5,6)13(2,3)4;1-2-11-7(10)8(6-9)4-3-5-8;1-2-4-5-3-1;/h7-11H2,1-6H3;9H,2-6H2,1H3;1-4H2;1H4. The van der Waals surface area contributed by atoms with Gasteiger partial charge in [0.05, 0.1) is 37.3 Å². The summed E-state index contributed by atoms with van der Waals surface area (Å²) in [7, 11) is -1.77. The zero-order valence-corrected chi connectivity index (χ0v) is 23.8. The number of rotatable bonds is 8. The number of carbonyl (C=O) groups excluding carboxylic acids is 2. The molecule has 7 nitrogen and oxygen atoms in total. The van der Waals surface area contributed by atoms with Crippen molar-refractivity contribution in [2.45, 2.75) is 112 Å². The van der Waals surface area contributed by atoms with Crippen LogP contribution < -0.4 is 0 Å². The van der Waals surface area contributed by atoms with Gasteiger partial charge in [-0.05, 0) is 70.5 Å². The van der Waals surface area contributed by atoms with Crippen LogP contribution in [0, 0.1) is 10.8 Å². The van der Waals surface area contributed by atoms with E-state index in [0.29, 0.717) is 19.8 Å². The average molecular weight is 519 g/mol. The molecular formula is C27H54O7Si. The lowest BCUT2D eigenvalue weighted by Crippen LogP contribution is -2.49. The van der Waals surface area contributed by atoms with Crippen molar-refractivity contribution in [1.82, 2.24) is 0 Å². The highest BCUT2D eigenvalue weighted by Gasteiger charge is 2.48. The number of esters is 2. The number of aliphatic hydroxyl groups excluding tert-OH is 1. The summed E-state index contributed by atoms with van der Waals surface area (Å²) in [4.78, 5) is 23.2. The smallest absolute Gasteiger partial charge is 0.314 e. The lowest BCUT2D eigenvalue weighted by molar-refractivity contribution is -0.165. The third kappa shape index (κ3) is 9.78. The van der Waals surface area contributed by atoms with Crippen molar-refractivity contribution in [3.8, 4) is 0 Å². The second-order valence-corrected chi connectivity index (χ2v) is 16.0. The molecule has 0 unspecified atom stereocenters. The van der Waals surface area contributed by atoms with Gasteiger partial charge in [-0.3, -0.25) is 9.59 Å². The Morgan fingerprint density at radius 3 is 1.54 bits per heavy atom. The van der Waals surface area contributed by atoms with Gasteiger partial charge < -0.3 is 23.7 Å². The van der Waals surface area contributed by atoms with Gasteiger partial charge in [0.2, 0.25) is 0 Å². The summed E-state index contributed by atoms with van der Waals surface area (Å²) in [5.74, 6) is -0.288. The maximum absolute atomic E-state index is 12.0. The second-order valence-electron chi connectivity index (χ2n) is 11.2. The first-order valence-electron chi connectivity index (χ1n) is 13.1. The van der Waals surface area contributed by atoms with Crippen LogP contribution in [0.5, 0.6) is 0 Å². The van der Waals surface area contributed by atoms with E-state index in [9.17, 15) is 9.59 Å². The fourth-order valence-electron chi connectivity index (χ4n) is 3.66. The molecule has 0 aromatic rings. The van der Waals surface area contributed by atoms with Crippen LogP contribution in [0.15, 0.2) is 0 Å². The van der Waals surface area contributed by atoms with E-state index in [4.69, 9.17) is 23.7 Å². The molecule has 3 rings (SSSR count). The molecule has 0 radical (unpaired) electrons. The van der Waals surface area contributed by atoms with E-state index in [-0.39, 0.29) is 36.4 Å². The number of hydrogen-bond donors (Lipinski definition) is 1. The Morgan fingerprint density at radius 2 is 1.29 bits per heavy atom. The SMILES string of the molecule is C.C1CCOC1.CCOC(=O)C1(CO)CCC1.CCOC(=O)C1(CO[Si](C)(C)C(C)(C)C)CCC1. The van der Waals surface area contributed by atoms with Crippen molar-refractivity contribution >= 4 is 20.3 Å². The first kappa shape index (κ1) is 34.0. The van der Waals surface area contributed by atoms with E-state index in [1.165, 1.54) is 12.8 Å². The number of hydrogen-bond acceptors (Lipinski definition) is 7. The molecule has 1 heterocycles. The van der Waals surface area contributed by atoms with Gasteiger partial charge in [-0.15, -0.1) is 0 Å². The summed E-state index contributed by atoms with van der Waals surface area (Å²) in [6, 6.07) is 0. The van der Waals surface area contributed by atoms with Gasteiger partial charge >= 0.3 is 11.9 Å². The molecule has 0 amide bonds. The van der Waals surface area contributed by atoms with E-state index in [2.05, 4.69) is 33.9 Å². The van der Waals surface area contributed by atoms with Gasteiger partial charge in [0, 0.05) is 13.2 Å². The van der Waals surface area contributed by atoms with Gasteiger partial charge in [-0.1, -0.05) is 41.0 Å².